The Labute approximate surface area is 116 Å². The molecular formula is C13H18N2O5. The number of urea groups is 1. The van der Waals surface area contributed by atoms with Gasteiger partial charge < -0.3 is 25.2 Å². The second-order valence-corrected chi connectivity index (χ2v) is 4.08. The highest BCUT2D eigenvalue weighted by atomic mass is 16.5. The van der Waals surface area contributed by atoms with Crippen molar-refractivity contribution in [2.45, 2.75) is 19.5 Å². The molecular weight excluding hydrogens is 264 g/mol. The minimum atomic E-state index is -1.09. The first-order valence-electron chi connectivity index (χ1n) is 5.96. The van der Waals surface area contributed by atoms with Gasteiger partial charge in [-0.2, -0.15) is 0 Å². The van der Waals surface area contributed by atoms with E-state index in [-0.39, 0.29) is 6.54 Å². The van der Waals surface area contributed by atoms with Crippen LogP contribution in [-0.2, 0) is 11.3 Å². The molecule has 1 atom stereocenters. The maximum absolute atomic E-state index is 11.5. The van der Waals surface area contributed by atoms with Crippen molar-refractivity contribution in [3.8, 4) is 11.5 Å². The predicted molar refractivity (Wildman–Crippen MR) is 72.0 cm³/mol. The Morgan fingerprint density at radius 2 is 1.90 bits per heavy atom. The number of ether oxygens (including phenoxy) is 2. The number of aliphatic carboxylic acids is 1. The number of carboxylic acids is 1. The van der Waals surface area contributed by atoms with E-state index in [1.54, 1.807) is 18.2 Å². The fourth-order valence-corrected chi connectivity index (χ4v) is 1.48. The van der Waals surface area contributed by atoms with Gasteiger partial charge in [0.15, 0.2) is 11.5 Å². The Kier molecular flexibility index (Phi) is 5.64. The minimum absolute atomic E-state index is 0.249. The molecule has 0 heterocycles. The number of benzene rings is 1. The molecule has 1 aromatic rings. The largest absolute Gasteiger partial charge is 0.493 e. The molecule has 1 aromatic carbocycles. The lowest BCUT2D eigenvalue weighted by molar-refractivity contribution is -0.138. The molecule has 0 aliphatic carbocycles. The average molecular weight is 282 g/mol. The van der Waals surface area contributed by atoms with Crippen LogP contribution in [0.4, 0.5) is 4.79 Å². The lowest BCUT2D eigenvalue weighted by Gasteiger charge is -2.12. The van der Waals surface area contributed by atoms with Crippen molar-refractivity contribution in [1.82, 2.24) is 10.6 Å². The summed E-state index contributed by atoms with van der Waals surface area (Å²) in [6, 6.07) is 3.75. The highest BCUT2D eigenvalue weighted by molar-refractivity contribution is 5.82. The molecule has 7 heteroatoms. The van der Waals surface area contributed by atoms with Gasteiger partial charge >= 0.3 is 12.0 Å². The Morgan fingerprint density at radius 1 is 1.25 bits per heavy atom. The van der Waals surface area contributed by atoms with Gasteiger partial charge in [0.05, 0.1) is 14.2 Å². The smallest absolute Gasteiger partial charge is 0.325 e. The molecule has 2 amide bonds. The van der Waals surface area contributed by atoms with E-state index >= 15 is 0 Å². The van der Waals surface area contributed by atoms with Crippen LogP contribution in [0.5, 0.6) is 11.5 Å². The van der Waals surface area contributed by atoms with Crippen molar-refractivity contribution in [3.05, 3.63) is 23.8 Å². The molecule has 1 unspecified atom stereocenters. The normalized spacial score (nSPS) is 11.3. The molecule has 7 nitrogen and oxygen atoms in total. The molecule has 1 rings (SSSR count). The number of carbonyl (C=O) groups excluding carboxylic acids is 1. The molecule has 0 radical (unpaired) electrons. The number of nitrogens with one attached hydrogen (secondary N) is 2. The van der Waals surface area contributed by atoms with Gasteiger partial charge in [0.2, 0.25) is 0 Å². The molecule has 0 spiro atoms. The van der Waals surface area contributed by atoms with Crippen molar-refractivity contribution in [2.75, 3.05) is 14.2 Å². The molecule has 110 valence electrons. The van der Waals surface area contributed by atoms with Crippen molar-refractivity contribution < 1.29 is 24.2 Å². The van der Waals surface area contributed by atoms with Gasteiger partial charge in [-0.15, -0.1) is 0 Å². The van der Waals surface area contributed by atoms with E-state index in [0.717, 1.165) is 5.56 Å². The summed E-state index contributed by atoms with van der Waals surface area (Å²) in [4.78, 5) is 22.1. The van der Waals surface area contributed by atoms with Crippen LogP contribution < -0.4 is 20.1 Å². The van der Waals surface area contributed by atoms with Crippen LogP contribution in [0.15, 0.2) is 18.2 Å². The monoisotopic (exact) mass is 282 g/mol. The fourth-order valence-electron chi connectivity index (χ4n) is 1.48. The number of amides is 2. The summed E-state index contributed by atoms with van der Waals surface area (Å²) < 4.78 is 10.3. The Morgan fingerprint density at radius 3 is 2.45 bits per heavy atom. The van der Waals surface area contributed by atoms with Crippen LogP contribution in [0.2, 0.25) is 0 Å². The highest BCUT2D eigenvalue weighted by Crippen LogP contribution is 2.27. The summed E-state index contributed by atoms with van der Waals surface area (Å²) in [5.41, 5.74) is 0.806. The van der Waals surface area contributed by atoms with Crippen LogP contribution in [0.3, 0.4) is 0 Å². The van der Waals surface area contributed by atoms with Gasteiger partial charge in [0, 0.05) is 6.54 Å². The summed E-state index contributed by atoms with van der Waals surface area (Å²) in [5.74, 6) is 0.0672. The molecule has 3 N–H and O–H groups in total. The topological polar surface area (TPSA) is 96.9 Å². The molecule has 0 aromatic heterocycles. The van der Waals surface area contributed by atoms with E-state index in [9.17, 15) is 9.59 Å². The van der Waals surface area contributed by atoms with E-state index < -0.39 is 18.0 Å². The first kappa shape index (κ1) is 15.6. The third-order valence-electron chi connectivity index (χ3n) is 2.62. The molecule has 0 bridgehead atoms. The number of carboxylic acid groups (broad SMARTS) is 1. The van der Waals surface area contributed by atoms with Crippen LogP contribution in [-0.4, -0.2) is 37.4 Å². The first-order valence-corrected chi connectivity index (χ1v) is 5.96. The second kappa shape index (κ2) is 7.22. The number of carbonyl (C=O) groups is 2. The van der Waals surface area contributed by atoms with Crippen molar-refractivity contribution in [1.29, 1.82) is 0 Å². The Bertz CT molecular complexity index is 490. The van der Waals surface area contributed by atoms with Gasteiger partial charge in [0.25, 0.3) is 0 Å². The summed E-state index contributed by atoms with van der Waals surface area (Å²) in [6.07, 6.45) is 0. The molecule has 20 heavy (non-hydrogen) atoms. The number of rotatable bonds is 6. The highest BCUT2D eigenvalue weighted by Gasteiger charge is 2.13. The third kappa shape index (κ3) is 4.34. The molecule has 0 saturated carbocycles. The molecule has 0 aliphatic heterocycles. The van der Waals surface area contributed by atoms with Gasteiger partial charge in [-0.05, 0) is 24.6 Å². The quantitative estimate of drug-likeness (QED) is 0.722. The van der Waals surface area contributed by atoms with Gasteiger partial charge in [-0.25, -0.2) is 4.79 Å². The zero-order chi connectivity index (χ0) is 15.1. The summed E-state index contributed by atoms with van der Waals surface area (Å²) in [6.45, 7) is 1.64. The molecule has 0 fully saturated rings. The Hall–Kier alpha value is -2.44. The zero-order valence-corrected chi connectivity index (χ0v) is 11.6. The van der Waals surface area contributed by atoms with Crippen molar-refractivity contribution >= 4 is 12.0 Å². The number of methoxy groups -OCH3 is 2. The lowest BCUT2D eigenvalue weighted by Crippen LogP contribution is -2.44. The van der Waals surface area contributed by atoms with Crippen LogP contribution in [0.25, 0.3) is 0 Å². The number of hydrogen-bond donors (Lipinski definition) is 3. The van der Waals surface area contributed by atoms with Gasteiger partial charge in [-0.3, -0.25) is 4.79 Å². The van der Waals surface area contributed by atoms with E-state index in [2.05, 4.69) is 10.6 Å². The third-order valence-corrected chi connectivity index (χ3v) is 2.62. The van der Waals surface area contributed by atoms with Crippen LogP contribution >= 0.6 is 0 Å². The maximum Gasteiger partial charge on any atom is 0.325 e. The number of hydrogen-bond acceptors (Lipinski definition) is 4. The Balaban J connectivity index is 2.57. The van der Waals surface area contributed by atoms with Gasteiger partial charge in [0.1, 0.15) is 6.04 Å². The molecule has 0 saturated heterocycles. The van der Waals surface area contributed by atoms with Gasteiger partial charge in [-0.1, -0.05) is 6.07 Å². The lowest BCUT2D eigenvalue weighted by atomic mass is 10.2. The first-order chi connectivity index (χ1) is 9.47. The second-order valence-electron chi connectivity index (χ2n) is 4.08. The SMILES string of the molecule is COc1ccc(CNC(=O)NC(C)C(=O)O)cc1OC. The predicted octanol–water partition coefficient (Wildman–Crippen LogP) is 0.976. The van der Waals surface area contributed by atoms with E-state index in [4.69, 9.17) is 14.6 Å². The molecule has 0 aliphatic rings. The minimum Gasteiger partial charge on any atom is -0.493 e. The standard InChI is InChI=1S/C13H18N2O5/c1-8(12(16)17)15-13(18)14-7-9-4-5-10(19-2)11(6-9)20-3/h4-6,8H,7H2,1-3H3,(H,16,17)(H2,14,15,18). The summed E-state index contributed by atoms with van der Waals surface area (Å²) in [7, 11) is 3.06. The maximum atomic E-state index is 11.5. The van der Waals surface area contributed by atoms with E-state index in [0.29, 0.717) is 11.5 Å². The van der Waals surface area contributed by atoms with Crippen LogP contribution in [0.1, 0.15) is 12.5 Å². The fraction of sp³-hybridized carbons (Fsp3) is 0.385. The summed E-state index contributed by atoms with van der Waals surface area (Å²) >= 11 is 0. The summed E-state index contributed by atoms with van der Waals surface area (Å²) in [5, 5.41) is 13.5. The van der Waals surface area contributed by atoms with Crippen molar-refractivity contribution in [3.63, 3.8) is 0 Å². The zero-order valence-electron chi connectivity index (χ0n) is 11.6. The average Bonchev–Trinajstić information content (AvgIpc) is 2.44. The van der Waals surface area contributed by atoms with Crippen molar-refractivity contribution in [2.24, 2.45) is 0 Å². The van der Waals surface area contributed by atoms with Crippen LogP contribution in [0, 0.1) is 0 Å². The van der Waals surface area contributed by atoms with E-state index in [1.807, 2.05) is 0 Å². The van der Waals surface area contributed by atoms with E-state index in [1.165, 1.54) is 21.1 Å².